The van der Waals surface area contributed by atoms with Crippen LogP contribution in [-0.2, 0) is 19.0 Å². The van der Waals surface area contributed by atoms with E-state index in [1.807, 2.05) is 11.0 Å². The van der Waals surface area contributed by atoms with E-state index in [2.05, 4.69) is 4.90 Å². The van der Waals surface area contributed by atoms with Gasteiger partial charge in [0.2, 0.25) is 5.91 Å². The van der Waals surface area contributed by atoms with Gasteiger partial charge in [-0.15, -0.1) is 0 Å². The fourth-order valence-electron chi connectivity index (χ4n) is 3.85. The number of likely N-dealkylation sites (tertiary alicyclic amines) is 1. The first-order chi connectivity index (χ1) is 11.2. The molecule has 0 bridgehead atoms. The van der Waals surface area contributed by atoms with Crippen molar-refractivity contribution in [1.82, 2.24) is 9.80 Å². The molecule has 6 heteroatoms. The van der Waals surface area contributed by atoms with Crippen LogP contribution >= 0.6 is 0 Å². The van der Waals surface area contributed by atoms with Gasteiger partial charge in [0.05, 0.1) is 25.9 Å². The van der Waals surface area contributed by atoms with E-state index in [0.717, 1.165) is 65.3 Å². The van der Waals surface area contributed by atoms with Crippen molar-refractivity contribution in [2.45, 2.75) is 31.0 Å². The quantitative estimate of drug-likeness (QED) is 0.712. The predicted molar refractivity (Wildman–Crippen MR) is 86.3 cm³/mol. The maximum Gasteiger partial charge on any atom is 0.246 e. The molecule has 0 unspecified atom stereocenters. The van der Waals surface area contributed by atoms with Crippen LogP contribution in [0.1, 0.15) is 19.3 Å². The Morgan fingerprint density at radius 3 is 2.83 bits per heavy atom. The van der Waals surface area contributed by atoms with Gasteiger partial charge in [0.25, 0.3) is 0 Å². The van der Waals surface area contributed by atoms with Gasteiger partial charge < -0.3 is 19.1 Å². The van der Waals surface area contributed by atoms with E-state index in [-0.39, 0.29) is 17.6 Å². The summed E-state index contributed by atoms with van der Waals surface area (Å²) in [5.74, 6) is 0.0858. The van der Waals surface area contributed by atoms with Gasteiger partial charge in [0.15, 0.2) is 0 Å². The van der Waals surface area contributed by atoms with Crippen molar-refractivity contribution in [1.29, 1.82) is 0 Å². The molecule has 6 nitrogen and oxygen atoms in total. The molecule has 0 saturated carbocycles. The number of rotatable bonds is 4. The van der Waals surface area contributed by atoms with Crippen LogP contribution in [0.2, 0.25) is 0 Å². The average molecular weight is 324 g/mol. The van der Waals surface area contributed by atoms with Crippen LogP contribution in [0.3, 0.4) is 0 Å². The van der Waals surface area contributed by atoms with E-state index < -0.39 is 0 Å². The Morgan fingerprint density at radius 2 is 2.13 bits per heavy atom. The van der Waals surface area contributed by atoms with E-state index in [0.29, 0.717) is 6.54 Å². The third kappa shape index (κ3) is 3.94. The van der Waals surface area contributed by atoms with Gasteiger partial charge in [-0.25, -0.2) is 0 Å². The van der Waals surface area contributed by atoms with Crippen LogP contribution in [0.15, 0.2) is 12.2 Å². The Labute approximate surface area is 138 Å². The van der Waals surface area contributed by atoms with Gasteiger partial charge in [0, 0.05) is 46.0 Å². The standard InChI is InChI=1S/C17H28N2O4/c1-21-15-5-8-19(14-17(15)6-3-11-23-17)16(20)4-2-7-18-9-12-22-13-10-18/h2,4,15H,3,5-14H2,1H3/b4-2+/t15-,17-/m0/s1. The highest BCUT2D eigenvalue weighted by atomic mass is 16.6. The van der Waals surface area contributed by atoms with Crippen LogP contribution in [0.5, 0.6) is 0 Å². The second-order valence-electron chi connectivity index (χ2n) is 6.60. The SMILES string of the molecule is CO[C@H]1CCN(C(=O)/C=C/CN2CCOCC2)C[C@@]12CCCO2. The van der Waals surface area contributed by atoms with E-state index in [1.54, 1.807) is 13.2 Å². The highest BCUT2D eigenvalue weighted by molar-refractivity contribution is 5.87. The molecule has 3 rings (SSSR count). The zero-order chi connectivity index (χ0) is 16.1. The van der Waals surface area contributed by atoms with Crippen molar-refractivity contribution in [3.63, 3.8) is 0 Å². The van der Waals surface area contributed by atoms with Gasteiger partial charge >= 0.3 is 0 Å². The van der Waals surface area contributed by atoms with E-state index >= 15 is 0 Å². The average Bonchev–Trinajstić information content (AvgIpc) is 3.04. The zero-order valence-electron chi connectivity index (χ0n) is 14.0. The molecule has 3 saturated heterocycles. The molecule has 0 radical (unpaired) electrons. The third-order valence-electron chi connectivity index (χ3n) is 5.16. The number of methoxy groups -OCH3 is 1. The highest BCUT2D eigenvalue weighted by Crippen LogP contribution is 2.36. The number of ether oxygens (including phenoxy) is 3. The molecule has 0 aromatic rings. The molecular weight excluding hydrogens is 296 g/mol. The first-order valence-electron chi connectivity index (χ1n) is 8.66. The van der Waals surface area contributed by atoms with Crippen molar-refractivity contribution in [3.05, 3.63) is 12.2 Å². The molecule has 3 aliphatic rings. The Hall–Kier alpha value is -0.950. The smallest absolute Gasteiger partial charge is 0.246 e. The van der Waals surface area contributed by atoms with Crippen molar-refractivity contribution in [2.24, 2.45) is 0 Å². The molecule has 3 heterocycles. The molecule has 130 valence electrons. The van der Waals surface area contributed by atoms with Gasteiger partial charge in [-0.3, -0.25) is 9.69 Å². The summed E-state index contributed by atoms with van der Waals surface area (Å²) in [5, 5.41) is 0. The van der Waals surface area contributed by atoms with E-state index in [4.69, 9.17) is 14.2 Å². The normalized spacial score (nSPS) is 32.9. The zero-order valence-corrected chi connectivity index (χ0v) is 14.0. The molecule has 0 N–H and O–H groups in total. The van der Waals surface area contributed by atoms with Gasteiger partial charge in [-0.1, -0.05) is 6.08 Å². The minimum Gasteiger partial charge on any atom is -0.379 e. The summed E-state index contributed by atoms with van der Waals surface area (Å²) < 4.78 is 16.9. The third-order valence-corrected chi connectivity index (χ3v) is 5.16. The second kappa shape index (κ2) is 7.75. The first-order valence-corrected chi connectivity index (χ1v) is 8.66. The Bertz CT molecular complexity index is 428. The van der Waals surface area contributed by atoms with Crippen LogP contribution in [0, 0.1) is 0 Å². The van der Waals surface area contributed by atoms with Crippen molar-refractivity contribution in [3.8, 4) is 0 Å². The molecule has 1 amide bonds. The fraction of sp³-hybridized carbons (Fsp3) is 0.824. The molecule has 23 heavy (non-hydrogen) atoms. The van der Waals surface area contributed by atoms with Crippen molar-refractivity contribution >= 4 is 5.91 Å². The Kier molecular flexibility index (Phi) is 5.69. The molecule has 3 aliphatic heterocycles. The van der Waals surface area contributed by atoms with Crippen LogP contribution in [0.25, 0.3) is 0 Å². The summed E-state index contributed by atoms with van der Waals surface area (Å²) >= 11 is 0. The number of carbonyl (C=O) groups is 1. The number of amides is 1. The number of morpholine rings is 1. The second-order valence-corrected chi connectivity index (χ2v) is 6.60. The van der Waals surface area contributed by atoms with Gasteiger partial charge in [-0.2, -0.15) is 0 Å². The molecule has 0 aliphatic carbocycles. The maximum absolute atomic E-state index is 12.5. The van der Waals surface area contributed by atoms with E-state index in [1.165, 1.54) is 0 Å². The summed E-state index contributed by atoms with van der Waals surface area (Å²) in [6, 6.07) is 0. The monoisotopic (exact) mass is 324 g/mol. The first kappa shape index (κ1) is 16.9. The van der Waals surface area contributed by atoms with Gasteiger partial charge in [-0.05, 0) is 19.3 Å². The lowest BCUT2D eigenvalue weighted by Gasteiger charge is -2.44. The molecule has 3 fully saturated rings. The van der Waals surface area contributed by atoms with Crippen molar-refractivity contribution in [2.75, 3.05) is 59.7 Å². The minimum absolute atomic E-state index is 0.0858. The molecule has 0 aromatic carbocycles. The topological polar surface area (TPSA) is 51.2 Å². The Morgan fingerprint density at radius 1 is 1.30 bits per heavy atom. The van der Waals surface area contributed by atoms with Crippen LogP contribution in [-0.4, -0.2) is 87.1 Å². The summed E-state index contributed by atoms with van der Waals surface area (Å²) in [6.07, 6.45) is 6.66. The van der Waals surface area contributed by atoms with Gasteiger partial charge in [0.1, 0.15) is 5.60 Å². The van der Waals surface area contributed by atoms with Crippen LogP contribution in [0.4, 0.5) is 0 Å². The van der Waals surface area contributed by atoms with E-state index in [9.17, 15) is 4.79 Å². The molecule has 0 aromatic heterocycles. The summed E-state index contributed by atoms with van der Waals surface area (Å²) in [6.45, 7) is 6.42. The van der Waals surface area contributed by atoms with Crippen molar-refractivity contribution < 1.29 is 19.0 Å². The summed E-state index contributed by atoms with van der Waals surface area (Å²) in [7, 11) is 1.74. The largest absolute Gasteiger partial charge is 0.379 e. The highest BCUT2D eigenvalue weighted by Gasteiger charge is 2.47. The lowest BCUT2D eigenvalue weighted by atomic mass is 9.87. The summed E-state index contributed by atoms with van der Waals surface area (Å²) in [5.41, 5.74) is -0.291. The lowest BCUT2D eigenvalue weighted by Crippen LogP contribution is -2.58. The maximum atomic E-state index is 12.5. The molecule has 1 spiro atoms. The molecular formula is C17H28N2O4. The number of hydrogen-bond acceptors (Lipinski definition) is 5. The minimum atomic E-state index is -0.291. The number of piperidine rings is 1. The van der Waals surface area contributed by atoms with Crippen LogP contribution < -0.4 is 0 Å². The summed E-state index contributed by atoms with van der Waals surface area (Å²) in [4.78, 5) is 16.7. The number of carbonyl (C=O) groups excluding carboxylic acids is 1. The molecule has 2 atom stereocenters. The predicted octanol–water partition coefficient (Wildman–Crippen LogP) is 0.671. The Balaban J connectivity index is 1.53. The number of nitrogens with zero attached hydrogens (tertiary/aromatic N) is 2. The fourth-order valence-corrected chi connectivity index (χ4v) is 3.85. The number of hydrogen-bond donors (Lipinski definition) is 0. The lowest BCUT2D eigenvalue weighted by molar-refractivity contribution is -0.157.